The Bertz CT molecular complexity index is 510. The van der Waals surface area contributed by atoms with Crippen molar-refractivity contribution in [2.24, 2.45) is 5.92 Å². The normalized spacial score (nSPS) is 22.0. The molecule has 0 N–H and O–H groups in total. The Morgan fingerprint density at radius 2 is 2.00 bits per heavy atom. The van der Waals surface area contributed by atoms with Crippen molar-refractivity contribution in [3.05, 3.63) is 35.9 Å². The molecule has 0 amide bonds. The molecule has 21 heavy (non-hydrogen) atoms. The highest BCUT2D eigenvalue weighted by atomic mass is 16.5. The van der Waals surface area contributed by atoms with Gasteiger partial charge in [-0.1, -0.05) is 30.3 Å². The summed E-state index contributed by atoms with van der Waals surface area (Å²) in [5.41, 5.74) is 0.527. The van der Waals surface area contributed by atoms with E-state index in [0.717, 1.165) is 13.1 Å². The van der Waals surface area contributed by atoms with Crippen LogP contribution in [0, 0.1) is 5.92 Å². The van der Waals surface area contributed by atoms with Crippen molar-refractivity contribution in [1.82, 2.24) is 4.90 Å². The second kappa shape index (κ2) is 6.39. The Kier molecular flexibility index (Phi) is 4.78. The van der Waals surface area contributed by atoms with E-state index in [2.05, 4.69) is 17.0 Å². The van der Waals surface area contributed by atoms with Crippen LogP contribution in [0.2, 0.25) is 0 Å². The van der Waals surface area contributed by atoms with Gasteiger partial charge >= 0.3 is 5.97 Å². The largest absolute Gasteiger partial charge is 0.465 e. The quantitative estimate of drug-likeness (QED) is 0.631. The summed E-state index contributed by atoms with van der Waals surface area (Å²) in [6.45, 7) is 7.30. The number of nitrogens with zero attached hydrogens (tertiary/aromatic N) is 1. The van der Waals surface area contributed by atoms with Crippen molar-refractivity contribution in [2.45, 2.75) is 39.3 Å². The maximum absolute atomic E-state index is 12.6. The highest BCUT2D eigenvalue weighted by molar-refractivity contribution is 6.04. The zero-order valence-electron chi connectivity index (χ0n) is 13.0. The topological polar surface area (TPSA) is 46.6 Å². The predicted molar refractivity (Wildman–Crippen MR) is 80.7 cm³/mol. The second-order valence-electron chi connectivity index (χ2n) is 5.92. The van der Waals surface area contributed by atoms with Gasteiger partial charge in [0, 0.05) is 13.1 Å². The van der Waals surface area contributed by atoms with Crippen molar-refractivity contribution in [2.75, 3.05) is 13.2 Å². The molecule has 2 rings (SSSR count). The van der Waals surface area contributed by atoms with Crippen LogP contribution in [-0.2, 0) is 20.9 Å². The fourth-order valence-corrected chi connectivity index (χ4v) is 2.83. The van der Waals surface area contributed by atoms with Crippen molar-refractivity contribution in [1.29, 1.82) is 0 Å². The molecule has 0 aliphatic carbocycles. The summed E-state index contributed by atoms with van der Waals surface area (Å²) in [5, 5.41) is 0. The average molecular weight is 289 g/mol. The third kappa shape index (κ3) is 3.32. The number of Topliss-reactive ketones (excluding diaryl/α,β-unsaturated/α-hetero) is 1. The molecule has 0 saturated carbocycles. The van der Waals surface area contributed by atoms with Crippen LogP contribution in [0.5, 0.6) is 0 Å². The number of carbonyl (C=O) groups excluding carboxylic acids is 2. The molecule has 1 aliphatic rings. The zero-order valence-corrected chi connectivity index (χ0v) is 13.0. The molecule has 0 radical (unpaired) electrons. The third-order valence-electron chi connectivity index (χ3n) is 4.19. The van der Waals surface area contributed by atoms with Crippen LogP contribution in [-0.4, -0.2) is 35.3 Å². The number of hydrogen-bond acceptors (Lipinski definition) is 4. The van der Waals surface area contributed by atoms with Crippen LogP contribution in [0.15, 0.2) is 30.3 Å². The highest BCUT2D eigenvalue weighted by Crippen LogP contribution is 2.30. The summed E-state index contributed by atoms with van der Waals surface area (Å²) >= 11 is 0. The highest BCUT2D eigenvalue weighted by Gasteiger charge is 2.46. The Balaban J connectivity index is 2.11. The van der Waals surface area contributed by atoms with Crippen LogP contribution >= 0.6 is 0 Å². The number of hydrogen-bond donors (Lipinski definition) is 0. The van der Waals surface area contributed by atoms with Crippen molar-refractivity contribution in [3.8, 4) is 0 Å². The van der Waals surface area contributed by atoms with Gasteiger partial charge in [0.15, 0.2) is 5.78 Å². The van der Waals surface area contributed by atoms with Gasteiger partial charge in [-0.15, -0.1) is 0 Å². The molecule has 0 spiro atoms. The van der Waals surface area contributed by atoms with Gasteiger partial charge < -0.3 is 4.74 Å². The Morgan fingerprint density at radius 1 is 1.33 bits per heavy atom. The minimum absolute atomic E-state index is 0.0388. The zero-order chi connectivity index (χ0) is 15.5. The van der Waals surface area contributed by atoms with Crippen LogP contribution in [0.4, 0.5) is 0 Å². The average Bonchev–Trinajstić information content (AvgIpc) is 2.46. The van der Waals surface area contributed by atoms with Gasteiger partial charge in [-0.05, 0) is 32.8 Å². The van der Waals surface area contributed by atoms with Crippen LogP contribution in [0.25, 0.3) is 0 Å². The van der Waals surface area contributed by atoms with Crippen molar-refractivity contribution < 1.29 is 14.3 Å². The van der Waals surface area contributed by atoms with E-state index in [4.69, 9.17) is 4.74 Å². The Morgan fingerprint density at radius 3 is 2.62 bits per heavy atom. The van der Waals surface area contributed by atoms with Gasteiger partial charge in [0.1, 0.15) is 5.92 Å². The van der Waals surface area contributed by atoms with E-state index in [0.29, 0.717) is 13.0 Å². The van der Waals surface area contributed by atoms with Gasteiger partial charge in [-0.3, -0.25) is 14.5 Å². The molecular formula is C17H23NO3. The molecule has 1 aliphatic heterocycles. The minimum Gasteiger partial charge on any atom is -0.465 e. The van der Waals surface area contributed by atoms with Gasteiger partial charge in [0.05, 0.1) is 12.1 Å². The number of piperidine rings is 1. The number of ketones is 1. The molecule has 0 aromatic heterocycles. The molecule has 1 unspecified atom stereocenters. The van der Waals surface area contributed by atoms with E-state index in [-0.39, 0.29) is 11.8 Å². The molecule has 114 valence electrons. The van der Waals surface area contributed by atoms with Gasteiger partial charge in [0.2, 0.25) is 0 Å². The Hall–Kier alpha value is -1.68. The lowest BCUT2D eigenvalue weighted by atomic mass is 9.81. The lowest BCUT2D eigenvalue weighted by Crippen LogP contribution is -2.58. The molecule has 1 saturated heterocycles. The summed E-state index contributed by atoms with van der Waals surface area (Å²) in [4.78, 5) is 26.7. The molecule has 1 aromatic carbocycles. The smallest absolute Gasteiger partial charge is 0.316 e. The SMILES string of the molecule is CCOC(=O)C1CCN(Cc2ccccc2)C(C)(C)C1=O. The summed E-state index contributed by atoms with van der Waals surface area (Å²) in [6.07, 6.45) is 0.536. The summed E-state index contributed by atoms with van der Waals surface area (Å²) < 4.78 is 5.02. The van der Waals surface area contributed by atoms with Crippen LogP contribution in [0.3, 0.4) is 0 Å². The van der Waals surface area contributed by atoms with Gasteiger partial charge in [0.25, 0.3) is 0 Å². The van der Waals surface area contributed by atoms with Crippen molar-refractivity contribution >= 4 is 11.8 Å². The standard InChI is InChI=1S/C17H23NO3/c1-4-21-16(20)14-10-11-18(17(2,3)15(14)19)12-13-8-6-5-7-9-13/h5-9,14H,4,10-12H2,1-3H3. The first-order valence-electron chi connectivity index (χ1n) is 7.46. The summed E-state index contributed by atoms with van der Waals surface area (Å²) in [5.74, 6) is -1.04. The van der Waals surface area contributed by atoms with E-state index in [9.17, 15) is 9.59 Å². The summed E-state index contributed by atoms with van der Waals surface area (Å²) in [7, 11) is 0. The number of esters is 1. The first-order valence-corrected chi connectivity index (χ1v) is 7.46. The molecule has 1 atom stereocenters. The van der Waals surface area contributed by atoms with Gasteiger partial charge in [-0.2, -0.15) is 0 Å². The van der Waals surface area contributed by atoms with E-state index < -0.39 is 11.5 Å². The van der Waals surface area contributed by atoms with Crippen molar-refractivity contribution in [3.63, 3.8) is 0 Å². The monoisotopic (exact) mass is 289 g/mol. The Labute approximate surface area is 126 Å². The predicted octanol–water partition coefficient (Wildman–Crippen LogP) is 2.42. The second-order valence-corrected chi connectivity index (χ2v) is 5.92. The van der Waals surface area contributed by atoms with E-state index in [1.807, 2.05) is 32.0 Å². The third-order valence-corrected chi connectivity index (χ3v) is 4.19. The molecule has 0 bridgehead atoms. The molecule has 1 fully saturated rings. The van der Waals surface area contributed by atoms with Gasteiger partial charge in [-0.25, -0.2) is 0 Å². The van der Waals surface area contributed by atoms with Crippen LogP contribution in [0.1, 0.15) is 32.8 Å². The number of carbonyl (C=O) groups is 2. The van der Waals surface area contributed by atoms with Crippen LogP contribution < -0.4 is 0 Å². The summed E-state index contributed by atoms with van der Waals surface area (Å²) in [6, 6.07) is 10.1. The fourth-order valence-electron chi connectivity index (χ4n) is 2.83. The maximum atomic E-state index is 12.6. The lowest BCUT2D eigenvalue weighted by molar-refractivity contribution is -0.158. The number of benzene rings is 1. The fraction of sp³-hybridized carbons (Fsp3) is 0.529. The molecule has 1 heterocycles. The lowest BCUT2D eigenvalue weighted by Gasteiger charge is -2.43. The minimum atomic E-state index is -0.647. The molecule has 4 nitrogen and oxygen atoms in total. The number of likely N-dealkylation sites (tertiary alicyclic amines) is 1. The first-order chi connectivity index (χ1) is 9.96. The van der Waals surface area contributed by atoms with E-state index >= 15 is 0 Å². The van der Waals surface area contributed by atoms with E-state index in [1.54, 1.807) is 6.92 Å². The number of rotatable bonds is 4. The maximum Gasteiger partial charge on any atom is 0.316 e. The first kappa shape index (κ1) is 15.7. The van der Waals surface area contributed by atoms with E-state index in [1.165, 1.54) is 5.56 Å². The molecule has 4 heteroatoms. The molecule has 1 aromatic rings. The molecular weight excluding hydrogens is 266 g/mol. The number of ether oxygens (including phenoxy) is 1.